The van der Waals surface area contributed by atoms with E-state index in [0.717, 1.165) is 0 Å². The number of aliphatic carboxylic acids is 1. The van der Waals surface area contributed by atoms with Crippen LogP contribution in [-0.4, -0.2) is 66.7 Å². The van der Waals surface area contributed by atoms with Crippen LogP contribution in [0.3, 0.4) is 0 Å². The summed E-state index contributed by atoms with van der Waals surface area (Å²) in [6.45, 7) is -2.69. The number of carboxylic acid groups (broad SMARTS) is 1. The highest BCUT2D eigenvalue weighted by Crippen LogP contribution is 2.18. The number of ether oxygens (including phenoxy) is 1. The molecule has 0 fully saturated rings. The van der Waals surface area contributed by atoms with Crippen molar-refractivity contribution in [2.75, 3.05) is 33.4 Å². The van der Waals surface area contributed by atoms with Gasteiger partial charge in [0.05, 0.1) is 19.8 Å². The first-order valence-corrected chi connectivity index (χ1v) is 4.45. The predicted octanol–water partition coefficient (Wildman–Crippen LogP) is -0.0574. The first-order chi connectivity index (χ1) is 7.31. The molecule has 96 valence electrons. The Labute approximate surface area is 90.4 Å². The zero-order valence-electron chi connectivity index (χ0n) is 8.70. The minimum atomic E-state index is -4.52. The molecular weight excluding hydrogens is 231 g/mol. The van der Waals surface area contributed by atoms with Gasteiger partial charge in [-0.2, -0.15) is 13.2 Å². The summed E-state index contributed by atoms with van der Waals surface area (Å²) < 4.78 is 40.9. The minimum absolute atomic E-state index is 0.370. The molecule has 0 rings (SSSR count). The molecule has 0 aliphatic heterocycles. The van der Waals surface area contributed by atoms with E-state index < -0.39 is 31.3 Å². The third-order valence-corrected chi connectivity index (χ3v) is 1.82. The molecule has 0 bridgehead atoms. The lowest BCUT2D eigenvalue weighted by Gasteiger charge is -2.28. The largest absolute Gasteiger partial charge is 0.480 e. The lowest BCUT2D eigenvalue weighted by molar-refractivity contribution is -0.165. The van der Waals surface area contributed by atoms with Crippen LogP contribution >= 0.6 is 0 Å². The van der Waals surface area contributed by atoms with Gasteiger partial charge >= 0.3 is 12.1 Å². The summed E-state index contributed by atoms with van der Waals surface area (Å²) in [4.78, 5) is 11.3. The Balaban J connectivity index is 4.63. The maximum absolute atomic E-state index is 12.1. The Morgan fingerprint density at radius 3 is 2.38 bits per heavy atom. The van der Waals surface area contributed by atoms with Crippen LogP contribution in [0.4, 0.5) is 13.2 Å². The van der Waals surface area contributed by atoms with Gasteiger partial charge in [0.15, 0.2) is 0 Å². The number of alkyl halides is 3. The third-order valence-electron chi connectivity index (χ3n) is 1.82. The van der Waals surface area contributed by atoms with E-state index >= 15 is 0 Å². The lowest BCUT2D eigenvalue weighted by Crippen LogP contribution is -2.49. The fraction of sp³-hybridized carbons (Fsp3) is 0.875. The Morgan fingerprint density at radius 2 is 2.06 bits per heavy atom. The van der Waals surface area contributed by atoms with Crippen molar-refractivity contribution in [3.05, 3.63) is 0 Å². The standard InChI is InChI=1S/C8H14F3NO4/c1-16-4-6(7(14)15)12(2-3-13)5-8(9,10)11/h6,13H,2-5H2,1H3,(H,14,15). The Hall–Kier alpha value is -0.860. The van der Waals surface area contributed by atoms with Gasteiger partial charge in [-0.1, -0.05) is 0 Å². The molecule has 1 unspecified atom stereocenters. The molecule has 5 nitrogen and oxygen atoms in total. The van der Waals surface area contributed by atoms with Crippen LogP contribution in [0, 0.1) is 0 Å². The molecule has 0 saturated heterocycles. The highest BCUT2D eigenvalue weighted by atomic mass is 19.4. The number of hydrogen-bond donors (Lipinski definition) is 2. The minimum Gasteiger partial charge on any atom is -0.480 e. The fourth-order valence-electron chi connectivity index (χ4n) is 1.19. The SMILES string of the molecule is COCC(C(=O)O)N(CCO)CC(F)(F)F. The number of methoxy groups -OCH3 is 1. The van der Waals surface area contributed by atoms with Crippen LogP contribution in [-0.2, 0) is 9.53 Å². The van der Waals surface area contributed by atoms with E-state index in [1.54, 1.807) is 0 Å². The van der Waals surface area contributed by atoms with Gasteiger partial charge in [-0.25, -0.2) is 0 Å². The lowest BCUT2D eigenvalue weighted by atomic mass is 10.2. The van der Waals surface area contributed by atoms with Crippen LogP contribution in [0.2, 0.25) is 0 Å². The average Bonchev–Trinajstić information content (AvgIpc) is 2.10. The van der Waals surface area contributed by atoms with Crippen molar-refractivity contribution in [1.82, 2.24) is 4.90 Å². The van der Waals surface area contributed by atoms with E-state index in [9.17, 15) is 18.0 Å². The van der Waals surface area contributed by atoms with Crippen LogP contribution in [0.1, 0.15) is 0 Å². The highest BCUT2D eigenvalue weighted by molar-refractivity contribution is 5.73. The van der Waals surface area contributed by atoms with E-state index in [4.69, 9.17) is 10.2 Å². The molecule has 0 heterocycles. The first-order valence-electron chi connectivity index (χ1n) is 4.45. The Kier molecular flexibility index (Phi) is 6.31. The van der Waals surface area contributed by atoms with Crippen molar-refractivity contribution in [1.29, 1.82) is 0 Å². The molecule has 0 aliphatic rings. The average molecular weight is 245 g/mol. The maximum Gasteiger partial charge on any atom is 0.401 e. The summed E-state index contributed by atoms with van der Waals surface area (Å²) in [5.41, 5.74) is 0. The summed E-state index contributed by atoms with van der Waals surface area (Å²) in [5.74, 6) is -1.42. The normalized spacial score (nSPS) is 14.1. The molecule has 0 aromatic heterocycles. The molecule has 8 heteroatoms. The number of nitrogens with zero attached hydrogens (tertiary/aromatic N) is 1. The number of carbonyl (C=O) groups is 1. The number of rotatable bonds is 7. The molecule has 0 aliphatic carbocycles. The van der Waals surface area contributed by atoms with Crippen molar-refractivity contribution < 1.29 is 32.9 Å². The zero-order valence-corrected chi connectivity index (χ0v) is 8.70. The van der Waals surface area contributed by atoms with Gasteiger partial charge in [-0.15, -0.1) is 0 Å². The first kappa shape index (κ1) is 15.1. The molecule has 0 amide bonds. The molecule has 16 heavy (non-hydrogen) atoms. The molecule has 0 radical (unpaired) electrons. The molecule has 0 aromatic carbocycles. The van der Waals surface area contributed by atoms with Crippen LogP contribution < -0.4 is 0 Å². The fourth-order valence-corrected chi connectivity index (χ4v) is 1.19. The summed E-state index contributed by atoms with van der Waals surface area (Å²) in [5, 5.41) is 17.3. The summed E-state index contributed by atoms with van der Waals surface area (Å²) >= 11 is 0. The second-order valence-electron chi connectivity index (χ2n) is 3.12. The van der Waals surface area contributed by atoms with Gasteiger partial charge in [0, 0.05) is 13.7 Å². The smallest absolute Gasteiger partial charge is 0.401 e. The molecular formula is C8H14F3NO4. The van der Waals surface area contributed by atoms with Crippen LogP contribution in [0.25, 0.3) is 0 Å². The number of aliphatic hydroxyl groups excluding tert-OH is 1. The van der Waals surface area contributed by atoms with Gasteiger partial charge in [0.25, 0.3) is 0 Å². The van der Waals surface area contributed by atoms with Gasteiger partial charge in [0.2, 0.25) is 0 Å². The van der Waals surface area contributed by atoms with Crippen molar-refractivity contribution in [2.45, 2.75) is 12.2 Å². The van der Waals surface area contributed by atoms with Crippen LogP contribution in [0.5, 0.6) is 0 Å². The van der Waals surface area contributed by atoms with Crippen molar-refractivity contribution in [3.63, 3.8) is 0 Å². The Bertz CT molecular complexity index is 222. The molecule has 1 atom stereocenters. The van der Waals surface area contributed by atoms with E-state index in [1.807, 2.05) is 0 Å². The van der Waals surface area contributed by atoms with Gasteiger partial charge in [0.1, 0.15) is 6.04 Å². The number of carboxylic acids is 1. The number of hydrogen-bond acceptors (Lipinski definition) is 4. The molecule has 2 N–H and O–H groups in total. The maximum atomic E-state index is 12.1. The highest BCUT2D eigenvalue weighted by Gasteiger charge is 2.36. The quantitative estimate of drug-likeness (QED) is 0.657. The zero-order chi connectivity index (χ0) is 12.8. The summed E-state index contributed by atoms with van der Waals surface area (Å²) in [6.07, 6.45) is -4.52. The molecule has 0 saturated carbocycles. The van der Waals surface area contributed by atoms with Gasteiger partial charge in [-0.05, 0) is 0 Å². The van der Waals surface area contributed by atoms with Crippen LogP contribution in [0.15, 0.2) is 0 Å². The molecule has 0 spiro atoms. The van der Waals surface area contributed by atoms with E-state index in [-0.39, 0.29) is 13.2 Å². The predicted molar refractivity (Wildman–Crippen MR) is 48.0 cm³/mol. The topological polar surface area (TPSA) is 70.0 Å². The summed E-state index contributed by atoms with van der Waals surface area (Å²) in [6, 6.07) is -1.42. The van der Waals surface area contributed by atoms with Crippen molar-refractivity contribution in [3.8, 4) is 0 Å². The summed E-state index contributed by atoms with van der Waals surface area (Å²) in [7, 11) is 1.20. The Morgan fingerprint density at radius 1 is 1.50 bits per heavy atom. The van der Waals surface area contributed by atoms with Gasteiger partial charge < -0.3 is 14.9 Å². The number of aliphatic hydroxyl groups is 1. The van der Waals surface area contributed by atoms with Crippen molar-refractivity contribution in [2.24, 2.45) is 0 Å². The monoisotopic (exact) mass is 245 g/mol. The second kappa shape index (κ2) is 6.66. The van der Waals surface area contributed by atoms with E-state index in [0.29, 0.717) is 4.90 Å². The molecule has 0 aromatic rings. The van der Waals surface area contributed by atoms with Gasteiger partial charge in [-0.3, -0.25) is 9.69 Å². The van der Waals surface area contributed by atoms with Crippen molar-refractivity contribution >= 4 is 5.97 Å². The number of halogens is 3. The van der Waals surface area contributed by atoms with E-state index in [1.165, 1.54) is 7.11 Å². The third kappa shape index (κ3) is 5.89. The van der Waals surface area contributed by atoms with E-state index in [2.05, 4.69) is 4.74 Å². The second-order valence-corrected chi connectivity index (χ2v) is 3.12.